The van der Waals surface area contributed by atoms with Crippen LogP contribution in [0.3, 0.4) is 0 Å². The lowest BCUT2D eigenvalue weighted by atomic mass is 10.1. The number of benzene rings is 2. The standard InChI is InChI=1S/C19H15BrClNO3S2/c1-24-16-9-12(7-14(20)17(16)25-2)8-15-18(23)27-19(22-15)26-10-11-3-5-13(21)6-4-11/h3-9H,10H2,1-2H3/b15-8-. The first-order chi connectivity index (χ1) is 13.0. The van der Waals surface area contributed by atoms with Gasteiger partial charge in [-0.2, -0.15) is 0 Å². The molecule has 0 saturated carbocycles. The van der Waals surface area contributed by atoms with Crippen molar-refractivity contribution in [3.05, 3.63) is 62.7 Å². The lowest BCUT2D eigenvalue weighted by Gasteiger charge is -2.10. The number of carbonyl (C=O) groups excluding carboxylic acids is 1. The normalized spacial score (nSPS) is 15.2. The number of thioether (sulfide) groups is 2. The number of ether oxygens (including phenoxy) is 2. The summed E-state index contributed by atoms with van der Waals surface area (Å²) in [4.78, 5) is 16.8. The molecule has 0 atom stereocenters. The van der Waals surface area contributed by atoms with Crippen molar-refractivity contribution in [3.63, 3.8) is 0 Å². The predicted molar refractivity (Wildman–Crippen MR) is 118 cm³/mol. The third-order valence-corrected chi connectivity index (χ3v) is 6.56. The molecule has 1 heterocycles. The summed E-state index contributed by atoms with van der Waals surface area (Å²) in [6, 6.07) is 11.3. The van der Waals surface area contributed by atoms with Gasteiger partial charge in [0.05, 0.1) is 18.7 Å². The Morgan fingerprint density at radius 3 is 2.63 bits per heavy atom. The van der Waals surface area contributed by atoms with E-state index in [9.17, 15) is 4.79 Å². The van der Waals surface area contributed by atoms with Crippen LogP contribution in [0, 0.1) is 0 Å². The fourth-order valence-electron chi connectivity index (χ4n) is 2.36. The number of halogens is 2. The van der Waals surface area contributed by atoms with Crippen molar-refractivity contribution < 1.29 is 14.3 Å². The molecule has 0 aromatic heterocycles. The van der Waals surface area contributed by atoms with Crippen LogP contribution in [0.4, 0.5) is 0 Å². The molecule has 0 spiro atoms. The van der Waals surface area contributed by atoms with Gasteiger partial charge in [0.15, 0.2) is 11.5 Å². The maximum Gasteiger partial charge on any atom is 0.244 e. The highest BCUT2D eigenvalue weighted by Gasteiger charge is 2.23. The zero-order valence-corrected chi connectivity index (χ0v) is 18.5. The molecule has 1 aliphatic rings. The number of rotatable bonds is 5. The third-order valence-electron chi connectivity index (χ3n) is 3.64. The molecule has 0 aliphatic carbocycles. The highest BCUT2D eigenvalue weighted by atomic mass is 79.9. The van der Waals surface area contributed by atoms with Gasteiger partial charge < -0.3 is 9.47 Å². The molecule has 27 heavy (non-hydrogen) atoms. The molecule has 0 unspecified atom stereocenters. The fraction of sp³-hybridized carbons (Fsp3) is 0.158. The Morgan fingerprint density at radius 2 is 1.96 bits per heavy atom. The zero-order valence-electron chi connectivity index (χ0n) is 14.5. The molecule has 0 radical (unpaired) electrons. The number of methoxy groups -OCH3 is 2. The van der Waals surface area contributed by atoms with Crippen LogP contribution in [0.1, 0.15) is 11.1 Å². The molecular weight excluding hydrogens is 470 g/mol. The molecule has 2 aromatic carbocycles. The Morgan fingerprint density at radius 1 is 1.22 bits per heavy atom. The second-order valence-electron chi connectivity index (χ2n) is 5.45. The Labute approximate surface area is 179 Å². The zero-order chi connectivity index (χ0) is 19.4. The summed E-state index contributed by atoms with van der Waals surface area (Å²) in [6.07, 6.45) is 1.75. The van der Waals surface area contributed by atoms with Crippen molar-refractivity contribution in [2.75, 3.05) is 14.2 Å². The highest BCUT2D eigenvalue weighted by molar-refractivity contribution is 9.10. The number of hydrogen-bond donors (Lipinski definition) is 0. The summed E-state index contributed by atoms with van der Waals surface area (Å²) in [7, 11) is 3.15. The summed E-state index contributed by atoms with van der Waals surface area (Å²) in [5, 5.41) is 0.636. The van der Waals surface area contributed by atoms with Gasteiger partial charge in [0, 0.05) is 10.8 Å². The second kappa shape index (κ2) is 9.19. The van der Waals surface area contributed by atoms with Crippen LogP contribution in [-0.2, 0) is 10.5 Å². The topological polar surface area (TPSA) is 47.9 Å². The molecule has 0 amide bonds. The molecule has 2 aromatic rings. The summed E-state index contributed by atoms with van der Waals surface area (Å²) >= 11 is 12.0. The number of aliphatic imine (C=N–C) groups is 1. The van der Waals surface area contributed by atoms with Gasteiger partial charge in [0.2, 0.25) is 5.12 Å². The fourth-order valence-corrected chi connectivity index (χ4v) is 4.90. The Hall–Kier alpha value is -1.41. The quantitative estimate of drug-likeness (QED) is 0.485. The van der Waals surface area contributed by atoms with Gasteiger partial charge in [-0.25, -0.2) is 4.99 Å². The van der Waals surface area contributed by atoms with Crippen molar-refractivity contribution >= 4 is 66.6 Å². The molecule has 0 N–H and O–H groups in total. The van der Waals surface area contributed by atoms with Crippen LogP contribution < -0.4 is 9.47 Å². The molecule has 0 bridgehead atoms. The van der Waals surface area contributed by atoms with E-state index in [4.69, 9.17) is 21.1 Å². The van der Waals surface area contributed by atoms with Crippen LogP contribution in [0.2, 0.25) is 5.02 Å². The van der Waals surface area contributed by atoms with Crippen LogP contribution >= 0.6 is 51.1 Å². The molecule has 4 nitrogen and oxygen atoms in total. The van der Waals surface area contributed by atoms with Gasteiger partial charge in [-0.15, -0.1) is 0 Å². The SMILES string of the molecule is COc1cc(/C=C2\N=C(SCc3ccc(Cl)cc3)SC2=O)cc(Br)c1OC. The Balaban J connectivity index is 1.77. The minimum Gasteiger partial charge on any atom is -0.493 e. The van der Waals surface area contributed by atoms with Gasteiger partial charge in [-0.3, -0.25) is 4.79 Å². The van der Waals surface area contributed by atoms with E-state index in [2.05, 4.69) is 20.9 Å². The van der Waals surface area contributed by atoms with E-state index in [-0.39, 0.29) is 5.12 Å². The van der Waals surface area contributed by atoms with Crippen molar-refractivity contribution in [2.45, 2.75) is 5.75 Å². The van der Waals surface area contributed by atoms with Gasteiger partial charge >= 0.3 is 0 Å². The minimum atomic E-state index is -0.0699. The maximum absolute atomic E-state index is 12.3. The van der Waals surface area contributed by atoms with E-state index in [1.807, 2.05) is 36.4 Å². The summed E-state index contributed by atoms with van der Waals surface area (Å²) in [5.41, 5.74) is 2.34. The average molecular weight is 485 g/mol. The minimum absolute atomic E-state index is 0.0699. The van der Waals surface area contributed by atoms with Gasteiger partial charge in [0.1, 0.15) is 10.1 Å². The van der Waals surface area contributed by atoms with Crippen molar-refractivity contribution in [3.8, 4) is 11.5 Å². The average Bonchev–Trinajstić information content (AvgIpc) is 3.00. The first-order valence-electron chi connectivity index (χ1n) is 7.81. The highest BCUT2D eigenvalue weighted by Crippen LogP contribution is 2.38. The number of carbonyl (C=O) groups is 1. The maximum atomic E-state index is 12.3. The largest absolute Gasteiger partial charge is 0.493 e. The smallest absolute Gasteiger partial charge is 0.244 e. The van der Waals surface area contributed by atoms with Crippen LogP contribution in [0.25, 0.3) is 6.08 Å². The van der Waals surface area contributed by atoms with Gasteiger partial charge in [0.25, 0.3) is 0 Å². The van der Waals surface area contributed by atoms with E-state index in [0.29, 0.717) is 22.2 Å². The number of nitrogens with zero attached hydrogens (tertiary/aromatic N) is 1. The lowest BCUT2D eigenvalue weighted by Crippen LogP contribution is -1.93. The van der Waals surface area contributed by atoms with E-state index in [0.717, 1.165) is 37.5 Å². The van der Waals surface area contributed by atoms with E-state index >= 15 is 0 Å². The van der Waals surface area contributed by atoms with E-state index in [1.165, 1.54) is 11.8 Å². The molecule has 1 aliphatic heterocycles. The number of hydrogen-bond acceptors (Lipinski definition) is 6. The Bertz CT molecular complexity index is 929. The van der Waals surface area contributed by atoms with E-state index in [1.54, 1.807) is 20.3 Å². The van der Waals surface area contributed by atoms with Crippen LogP contribution in [0.15, 0.2) is 51.6 Å². The Kier molecular flexibility index (Phi) is 6.92. The molecule has 0 fully saturated rings. The second-order valence-corrected chi connectivity index (χ2v) is 8.93. The molecule has 8 heteroatoms. The molecule has 3 rings (SSSR count). The lowest BCUT2D eigenvalue weighted by molar-refractivity contribution is -0.107. The summed E-state index contributed by atoms with van der Waals surface area (Å²) in [5.74, 6) is 1.92. The summed E-state index contributed by atoms with van der Waals surface area (Å²) in [6.45, 7) is 0. The van der Waals surface area contributed by atoms with Gasteiger partial charge in [-0.05, 0) is 69.2 Å². The molecule has 140 valence electrons. The first-order valence-corrected chi connectivity index (χ1v) is 10.8. The van der Waals surface area contributed by atoms with E-state index < -0.39 is 0 Å². The monoisotopic (exact) mass is 483 g/mol. The van der Waals surface area contributed by atoms with Crippen LogP contribution in [-0.4, -0.2) is 23.7 Å². The first kappa shape index (κ1) is 20.3. The van der Waals surface area contributed by atoms with Crippen molar-refractivity contribution in [1.29, 1.82) is 0 Å². The van der Waals surface area contributed by atoms with Crippen molar-refractivity contribution in [2.24, 2.45) is 4.99 Å². The molecular formula is C19H15BrClNO3S2. The van der Waals surface area contributed by atoms with Gasteiger partial charge in [-0.1, -0.05) is 35.5 Å². The van der Waals surface area contributed by atoms with Crippen LogP contribution in [0.5, 0.6) is 11.5 Å². The predicted octanol–water partition coefficient (Wildman–Crippen LogP) is 6.02. The van der Waals surface area contributed by atoms with Crippen molar-refractivity contribution in [1.82, 2.24) is 0 Å². The third kappa shape index (κ3) is 5.10. The molecule has 0 saturated heterocycles. The summed E-state index contributed by atoms with van der Waals surface area (Å²) < 4.78 is 12.1.